The third kappa shape index (κ3) is 3.74. The van der Waals surface area contributed by atoms with E-state index in [0.29, 0.717) is 17.1 Å². The Balaban J connectivity index is 1.68. The summed E-state index contributed by atoms with van der Waals surface area (Å²) in [4.78, 5) is 28.4. The number of hydrogen-bond acceptors (Lipinski definition) is 5. The molecule has 1 aliphatic rings. The van der Waals surface area contributed by atoms with Gasteiger partial charge in [-0.05, 0) is 31.9 Å². The van der Waals surface area contributed by atoms with Crippen LogP contribution >= 0.6 is 0 Å². The fourth-order valence-corrected chi connectivity index (χ4v) is 2.64. The SMILES string of the molecule is Cc1cc(NC(=O)c2ccnc(C(=O)NC3CCCC3)c2)no1. The molecule has 7 nitrogen and oxygen atoms in total. The number of aromatic nitrogens is 2. The van der Waals surface area contributed by atoms with Crippen LogP contribution in [0.4, 0.5) is 5.82 Å². The van der Waals surface area contributed by atoms with E-state index in [4.69, 9.17) is 4.52 Å². The topological polar surface area (TPSA) is 97.1 Å². The minimum Gasteiger partial charge on any atom is -0.360 e. The smallest absolute Gasteiger partial charge is 0.270 e. The number of pyridine rings is 1. The molecular weight excluding hydrogens is 296 g/mol. The van der Waals surface area contributed by atoms with E-state index in [9.17, 15) is 9.59 Å². The molecule has 23 heavy (non-hydrogen) atoms. The third-order valence-electron chi connectivity index (χ3n) is 3.81. The van der Waals surface area contributed by atoms with Gasteiger partial charge in [-0.25, -0.2) is 0 Å². The summed E-state index contributed by atoms with van der Waals surface area (Å²) in [5, 5.41) is 9.27. The van der Waals surface area contributed by atoms with Gasteiger partial charge in [0.25, 0.3) is 11.8 Å². The predicted octanol–water partition coefficient (Wildman–Crippen LogP) is 2.30. The number of carbonyl (C=O) groups excluding carboxylic acids is 2. The normalized spacial score (nSPS) is 14.7. The van der Waals surface area contributed by atoms with E-state index < -0.39 is 0 Å². The monoisotopic (exact) mass is 314 g/mol. The van der Waals surface area contributed by atoms with Crippen LogP contribution in [0.5, 0.6) is 0 Å². The zero-order valence-corrected chi connectivity index (χ0v) is 12.8. The van der Waals surface area contributed by atoms with E-state index in [-0.39, 0.29) is 23.6 Å². The largest absolute Gasteiger partial charge is 0.360 e. The van der Waals surface area contributed by atoms with Crippen molar-refractivity contribution in [2.24, 2.45) is 0 Å². The second-order valence-corrected chi connectivity index (χ2v) is 5.66. The van der Waals surface area contributed by atoms with Gasteiger partial charge in [0.2, 0.25) is 0 Å². The van der Waals surface area contributed by atoms with Crippen LogP contribution < -0.4 is 10.6 Å². The van der Waals surface area contributed by atoms with Crippen LogP contribution in [0, 0.1) is 6.92 Å². The molecule has 0 spiro atoms. The van der Waals surface area contributed by atoms with E-state index in [1.54, 1.807) is 19.1 Å². The molecule has 1 saturated carbocycles. The van der Waals surface area contributed by atoms with Crippen LogP contribution in [-0.2, 0) is 0 Å². The fourth-order valence-electron chi connectivity index (χ4n) is 2.64. The van der Waals surface area contributed by atoms with Gasteiger partial charge in [0.15, 0.2) is 5.82 Å². The zero-order valence-electron chi connectivity index (χ0n) is 12.8. The molecule has 2 aromatic rings. The maximum absolute atomic E-state index is 12.2. The van der Waals surface area contributed by atoms with Gasteiger partial charge >= 0.3 is 0 Å². The Morgan fingerprint density at radius 3 is 2.70 bits per heavy atom. The van der Waals surface area contributed by atoms with Crippen LogP contribution in [-0.4, -0.2) is 28.0 Å². The molecule has 0 bridgehead atoms. The first-order chi connectivity index (χ1) is 11.1. The van der Waals surface area contributed by atoms with Crippen molar-refractivity contribution in [1.82, 2.24) is 15.5 Å². The predicted molar refractivity (Wildman–Crippen MR) is 83.2 cm³/mol. The Morgan fingerprint density at radius 1 is 1.22 bits per heavy atom. The summed E-state index contributed by atoms with van der Waals surface area (Å²) in [5.41, 5.74) is 0.582. The summed E-state index contributed by atoms with van der Waals surface area (Å²) >= 11 is 0. The maximum Gasteiger partial charge on any atom is 0.270 e. The number of anilines is 1. The highest BCUT2D eigenvalue weighted by Gasteiger charge is 2.19. The highest BCUT2D eigenvalue weighted by Crippen LogP contribution is 2.18. The van der Waals surface area contributed by atoms with Gasteiger partial charge in [-0.15, -0.1) is 0 Å². The van der Waals surface area contributed by atoms with Crippen molar-refractivity contribution in [3.05, 3.63) is 41.4 Å². The van der Waals surface area contributed by atoms with Crippen molar-refractivity contribution in [3.63, 3.8) is 0 Å². The molecule has 0 saturated heterocycles. The lowest BCUT2D eigenvalue weighted by molar-refractivity contribution is 0.0933. The van der Waals surface area contributed by atoms with Gasteiger partial charge < -0.3 is 15.2 Å². The van der Waals surface area contributed by atoms with Gasteiger partial charge in [-0.2, -0.15) is 0 Å². The molecule has 1 fully saturated rings. The van der Waals surface area contributed by atoms with E-state index in [1.165, 1.54) is 12.3 Å². The van der Waals surface area contributed by atoms with E-state index >= 15 is 0 Å². The Hall–Kier alpha value is -2.70. The number of nitrogens with one attached hydrogen (secondary N) is 2. The highest BCUT2D eigenvalue weighted by molar-refractivity contribution is 6.05. The lowest BCUT2D eigenvalue weighted by Crippen LogP contribution is -2.33. The Kier molecular flexibility index (Phi) is 4.36. The lowest BCUT2D eigenvalue weighted by atomic mass is 10.2. The van der Waals surface area contributed by atoms with Crippen molar-refractivity contribution >= 4 is 17.6 Å². The van der Waals surface area contributed by atoms with Crippen molar-refractivity contribution in [2.75, 3.05) is 5.32 Å². The average Bonchev–Trinajstić information content (AvgIpc) is 3.19. The van der Waals surface area contributed by atoms with Crippen LogP contribution in [0.25, 0.3) is 0 Å². The summed E-state index contributed by atoms with van der Waals surface area (Å²) in [6, 6.07) is 4.86. The van der Waals surface area contributed by atoms with E-state index in [0.717, 1.165) is 25.7 Å². The van der Waals surface area contributed by atoms with Crippen LogP contribution in [0.2, 0.25) is 0 Å². The number of aryl methyl sites for hydroxylation is 1. The van der Waals surface area contributed by atoms with E-state index in [2.05, 4.69) is 20.8 Å². The first-order valence-electron chi connectivity index (χ1n) is 7.63. The lowest BCUT2D eigenvalue weighted by Gasteiger charge is -2.11. The zero-order chi connectivity index (χ0) is 16.2. The van der Waals surface area contributed by atoms with Crippen LogP contribution in [0.15, 0.2) is 28.9 Å². The Bertz CT molecular complexity index is 720. The van der Waals surface area contributed by atoms with Crippen molar-refractivity contribution in [1.29, 1.82) is 0 Å². The van der Waals surface area contributed by atoms with Gasteiger partial charge in [-0.1, -0.05) is 18.0 Å². The van der Waals surface area contributed by atoms with Gasteiger partial charge in [0.05, 0.1) is 0 Å². The average molecular weight is 314 g/mol. The molecule has 0 atom stereocenters. The molecule has 2 N–H and O–H groups in total. The third-order valence-corrected chi connectivity index (χ3v) is 3.81. The minimum atomic E-state index is -0.365. The number of hydrogen-bond donors (Lipinski definition) is 2. The van der Waals surface area contributed by atoms with Crippen molar-refractivity contribution in [2.45, 2.75) is 38.6 Å². The summed E-state index contributed by atoms with van der Waals surface area (Å²) in [6.07, 6.45) is 5.72. The summed E-state index contributed by atoms with van der Waals surface area (Å²) in [7, 11) is 0. The standard InChI is InChI=1S/C16H18N4O3/c1-10-8-14(20-23-10)19-15(21)11-6-7-17-13(9-11)16(22)18-12-4-2-3-5-12/h6-9,12H,2-5H2,1H3,(H,18,22)(H,19,20,21). The van der Waals surface area contributed by atoms with Gasteiger partial charge in [-0.3, -0.25) is 14.6 Å². The van der Waals surface area contributed by atoms with Crippen molar-refractivity contribution in [3.8, 4) is 0 Å². The Morgan fingerprint density at radius 2 is 2.00 bits per heavy atom. The number of rotatable bonds is 4. The molecule has 0 radical (unpaired) electrons. The molecule has 0 aromatic carbocycles. The molecule has 2 amide bonds. The Labute approximate surface area is 133 Å². The first kappa shape index (κ1) is 15.2. The fraction of sp³-hybridized carbons (Fsp3) is 0.375. The molecule has 0 unspecified atom stereocenters. The molecular formula is C16H18N4O3. The molecule has 120 valence electrons. The van der Waals surface area contributed by atoms with Gasteiger partial charge in [0.1, 0.15) is 11.5 Å². The summed E-state index contributed by atoms with van der Waals surface area (Å²) in [5.74, 6) is 0.326. The number of nitrogens with zero attached hydrogens (tertiary/aromatic N) is 2. The molecule has 2 aromatic heterocycles. The van der Waals surface area contributed by atoms with E-state index in [1.807, 2.05) is 0 Å². The quantitative estimate of drug-likeness (QED) is 0.902. The first-order valence-corrected chi connectivity index (χ1v) is 7.63. The highest BCUT2D eigenvalue weighted by atomic mass is 16.5. The number of carbonyl (C=O) groups is 2. The second kappa shape index (κ2) is 6.60. The molecule has 0 aliphatic heterocycles. The van der Waals surface area contributed by atoms with Gasteiger partial charge in [0, 0.05) is 23.9 Å². The molecule has 1 aliphatic carbocycles. The van der Waals surface area contributed by atoms with Crippen LogP contribution in [0.1, 0.15) is 52.3 Å². The molecule has 7 heteroatoms. The number of amides is 2. The molecule has 2 heterocycles. The minimum absolute atomic E-state index is 0.208. The van der Waals surface area contributed by atoms with Crippen LogP contribution in [0.3, 0.4) is 0 Å². The summed E-state index contributed by atoms with van der Waals surface area (Å²) < 4.78 is 4.90. The van der Waals surface area contributed by atoms with Crippen molar-refractivity contribution < 1.29 is 14.1 Å². The summed E-state index contributed by atoms with van der Waals surface area (Å²) in [6.45, 7) is 1.74. The second-order valence-electron chi connectivity index (χ2n) is 5.66. The maximum atomic E-state index is 12.2. The molecule has 3 rings (SSSR count).